The molecular weight excluding hydrogens is 288 g/mol. The van der Waals surface area contributed by atoms with Crippen molar-refractivity contribution in [1.29, 1.82) is 0 Å². The Hall–Kier alpha value is -2.33. The van der Waals surface area contributed by atoms with E-state index in [0.29, 0.717) is 6.42 Å². The molecule has 4 nitrogen and oxygen atoms in total. The monoisotopic (exact) mass is 312 g/mol. The van der Waals surface area contributed by atoms with Gasteiger partial charge < -0.3 is 15.4 Å². The Balaban J connectivity index is 1.80. The molecule has 0 aromatic heterocycles. The second-order valence-corrected chi connectivity index (χ2v) is 5.56. The summed E-state index contributed by atoms with van der Waals surface area (Å²) in [5.74, 6) is -0.00495. The summed E-state index contributed by atoms with van der Waals surface area (Å²) in [4.78, 5) is 12.1. The van der Waals surface area contributed by atoms with Crippen molar-refractivity contribution in [2.75, 3.05) is 30.9 Å². The summed E-state index contributed by atoms with van der Waals surface area (Å²) in [7, 11) is 1.70. The number of hydrogen-bond donors (Lipinski definition) is 2. The number of carbonyl (C=O) groups is 1. The summed E-state index contributed by atoms with van der Waals surface area (Å²) in [5, 5.41) is 6.23. The molecule has 2 aromatic rings. The van der Waals surface area contributed by atoms with Crippen LogP contribution in [0.25, 0.3) is 0 Å². The van der Waals surface area contributed by atoms with Crippen LogP contribution in [0.4, 0.5) is 11.4 Å². The molecule has 2 rings (SSSR count). The summed E-state index contributed by atoms with van der Waals surface area (Å²) >= 11 is 0. The van der Waals surface area contributed by atoms with E-state index in [-0.39, 0.29) is 5.91 Å². The number of rotatable bonds is 8. The first-order chi connectivity index (χ1) is 11.2. The van der Waals surface area contributed by atoms with E-state index in [9.17, 15) is 4.79 Å². The van der Waals surface area contributed by atoms with E-state index in [1.165, 1.54) is 5.56 Å². The average molecular weight is 312 g/mol. The molecule has 0 fully saturated rings. The number of nitrogens with one attached hydrogen (secondary N) is 2. The van der Waals surface area contributed by atoms with E-state index in [2.05, 4.69) is 10.6 Å². The minimum atomic E-state index is -0.00495. The second-order valence-electron chi connectivity index (χ2n) is 5.56. The maximum Gasteiger partial charge on any atom is 0.228 e. The molecule has 0 aliphatic heterocycles. The highest BCUT2D eigenvalue weighted by molar-refractivity contribution is 5.92. The van der Waals surface area contributed by atoms with E-state index in [1.54, 1.807) is 7.11 Å². The number of ether oxygens (including phenoxy) is 1. The Bertz CT molecular complexity index is 606. The predicted molar refractivity (Wildman–Crippen MR) is 94.9 cm³/mol. The largest absolute Gasteiger partial charge is 0.385 e. The third-order valence-corrected chi connectivity index (χ3v) is 3.51. The predicted octanol–water partition coefficient (Wildman–Crippen LogP) is 3.62. The lowest BCUT2D eigenvalue weighted by Gasteiger charge is -2.09. The quantitative estimate of drug-likeness (QED) is 0.732. The summed E-state index contributed by atoms with van der Waals surface area (Å²) < 4.78 is 5.01. The number of carbonyl (C=O) groups excluding carboxylic acids is 1. The van der Waals surface area contributed by atoms with Crippen molar-refractivity contribution in [3.05, 3.63) is 59.7 Å². The van der Waals surface area contributed by atoms with Crippen LogP contribution in [0.15, 0.2) is 48.5 Å². The molecule has 0 heterocycles. The van der Waals surface area contributed by atoms with Gasteiger partial charge in [0.2, 0.25) is 5.91 Å². The van der Waals surface area contributed by atoms with Gasteiger partial charge in [0.1, 0.15) is 0 Å². The fourth-order valence-corrected chi connectivity index (χ4v) is 2.22. The molecule has 2 N–H and O–H groups in total. The Morgan fingerprint density at radius 3 is 2.30 bits per heavy atom. The van der Waals surface area contributed by atoms with E-state index in [4.69, 9.17) is 4.74 Å². The molecule has 0 bridgehead atoms. The van der Waals surface area contributed by atoms with Gasteiger partial charge in [0.25, 0.3) is 0 Å². The molecule has 0 saturated heterocycles. The van der Waals surface area contributed by atoms with Gasteiger partial charge in [0, 0.05) is 31.6 Å². The van der Waals surface area contributed by atoms with Gasteiger partial charge in [-0.1, -0.05) is 29.8 Å². The summed E-state index contributed by atoms with van der Waals surface area (Å²) in [6.45, 7) is 3.65. The molecule has 0 unspecified atom stereocenters. The van der Waals surface area contributed by atoms with Crippen molar-refractivity contribution in [2.24, 2.45) is 0 Å². The van der Waals surface area contributed by atoms with Crippen LogP contribution in [0.3, 0.4) is 0 Å². The molecule has 0 atom stereocenters. The Kier molecular flexibility index (Phi) is 6.63. The zero-order valence-electron chi connectivity index (χ0n) is 13.8. The van der Waals surface area contributed by atoms with Crippen LogP contribution >= 0.6 is 0 Å². The topological polar surface area (TPSA) is 50.4 Å². The lowest BCUT2D eigenvalue weighted by Crippen LogP contribution is -2.14. The molecule has 122 valence electrons. The van der Waals surface area contributed by atoms with Crippen LogP contribution < -0.4 is 10.6 Å². The van der Waals surface area contributed by atoms with Crippen molar-refractivity contribution in [3.63, 3.8) is 0 Å². The molecule has 23 heavy (non-hydrogen) atoms. The number of hydrogen-bond acceptors (Lipinski definition) is 3. The van der Waals surface area contributed by atoms with Gasteiger partial charge >= 0.3 is 0 Å². The molecule has 0 radical (unpaired) electrons. The third-order valence-electron chi connectivity index (χ3n) is 3.51. The first kappa shape index (κ1) is 17.0. The number of aryl methyl sites for hydroxylation is 1. The van der Waals surface area contributed by atoms with Crippen molar-refractivity contribution in [3.8, 4) is 0 Å². The fraction of sp³-hybridized carbons (Fsp3) is 0.316. The second kappa shape index (κ2) is 8.96. The average Bonchev–Trinajstić information content (AvgIpc) is 2.55. The molecule has 0 aliphatic carbocycles. The summed E-state index contributed by atoms with van der Waals surface area (Å²) in [6, 6.07) is 15.8. The molecule has 1 amide bonds. The van der Waals surface area contributed by atoms with E-state index in [0.717, 1.165) is 36.5 Å². The SMILES string of the molecule is COCCCNc1ccc(NC(=O)Cc2ccc(C)cc2)cc1. The Morgan fingerprint density at radius 1 is 1.00 bits per heavy atom. The van der Waals surface area contributed by atoms with E-state index in [1.807, 2.05) is 55.5 Å². The number of amides is 1. The first-order valence-corrected chi connectivity index (χ1v) is 7.85. The van der Waals surface area contributed by atoms with Gasteiger partial charge in [-0.25, -0.2) is 0 Å². The Labute approximate surface area is 137 Å². The van der Waals surface area contributed by atoms with Crippen molar-refractivity contribution in [2.45, 2.75) is 19.8 Å². The van der Waals surface area contributed by atoms with Crippen LogP contribution in [-0.4, -0.2) is 26.2 Å². The highest BCUT2D eigenvalue weighted by atomic mass is 16.5. The van der Waals surface area contributed by atoms with Gasteiger partial charge in [-0.15, -0.1) is 0 Å². The molecule has 2 aromatic carbocycles. The number of methoxy groups -OCH3 is 1. The smallest absolute Gasteiger partial charge is 0.228 e. The molecule has 0 saturated carbocycles. The van der Waals surface area contributed by atoms with Crippen molar-refractivity contribution in [1.82, 2.24) is 0 Å². The summed E-state index contributed by atoms with van der Waals surface area (Å²) in [5.41, 5.74) is 4.06. The van der Waals surface area contributed by atoms with Gasteiger partial charge in [0.05, 0.1) is 6.42 Å². The first-order valence-electron chi connectivity index (χ1n) is 7.85. The third kappa shape index (κ3) is 6.12. The van der Waals surface area contributed by atoms with Crippen LogP contribution in [0.2, 0.25) is 0 Å². The van der Waals surface area contributed by atoms with Crippen LogP contribution in [0.1, 0.15) is 17.5 Å². The van der Waals surface area contributed by atoms with Gasteiger partial charge in [-0.05, 0) is 43.2 Å². The number of benzene rings is 2. The highest BCUT2D eigenvalue weighted by Gasteiger charge is 2.04. The molecule has 0 spiro atoms. The minimum absolute atomic E-state index is 0.00495. The zero-order chi connectivity index (χ0) is 16.5. The van der Waals surface area contributed by atoms with Gasteiger partial charge in [0.15, 0.2) is 0 Å². The lowest BCUT2D eigenvalue weighted by atomic mass is 10.1. The van der Waals surface area contributed by atoms with Gasteiger partial charge in [-0.3, -0.25) is 4.79 Å². The standard InChI is InChI=1S/C19H24N2O2/c1-15-4-6-16(7-5-15)14-19(22)21-18-10-8-17(9-11-18)20-12-3-13-23-2/h4-11,20H,3,12-14H2,1-2H3,(H,21,22). The molecular formula is C19H24N2O2. The fourth-order valence-electron chi connectivity index (χ4n) is 2.22. The zero-order valence-corrected chi connectivity index (χ0v) is 13.8. The van der Waals surface area contributed by atoms with Crippen molar-refractivity contribution < 1.29 is 9.53 Å². The minimum Gasteiger partial charge on any atom is -0.385 e. The molecule has 4 heteroatoms. The summed E-state index contributed by atoms with van der Waals surface area (Å²) in [6.07, 6.45) is 1.35. The highest BCUT2D eigenvalue weighted by Crippen LogP contribution is 2.14. The normalized spacial score (nSPS) is 10.3. The van der Waals surface area contributed by atoms with E-state index >= 15 is 0 Å². The van der Waals surface area contributed by atoms with Crippen LogP contribution in [-0.2, 0) is 16.0 Å². The maximum absolute atomic E-state index is 12.1. The lowest BCUT2D eigenvalue weighted by molar-refractivity contribution is -0.115. The number of anilines is 2. The van der Waals surface area contributed by atoms with Crippen LogP contribution in [0, 0.1) is 6.92 Å². The Morgan fingerprint density at radius 2 is 1.65 bits per heavy atom. The molecule has 0 aliphatic rings. The van der Waals surface area contributed by atoms with Crippen molar-refractivity contribution >= 4 is 17.3 Å². The van der Waals surface area contributed by atoms with Gasteiger partial charge in [-0.2, -0.15) is 0 Å². The van der Waals surface area contributed by atoms with E-state index < -0.39 is 0 Å². The maximum atomic E-state index is 12.1. The van der Waals surface area contributed by atoms with Crippen LogP contribution in [0.5, 0.6) is 0 Å².